The van der Waals surface area contributed by atoms with Gasteiger partial charge < -0.3 is 4.74 Å². The second-order valence-corrected chi connectivity index (χ2v) is 24.1. The zero-order chi connectivity index (χ0) is 48.9. The van der Waals surface area contributed by atoms with E-state index in [0.717, 1.165) is 62.4 Å². The normalized spacial score (nSPS) is 21.3. The molecule has 6 unspecified atom stereocenters. The van der Waals surface area contributed by atoms with E-state index < -0.39 is 0 Å². The van der Waals surface area contributed by atoms with Crippen LogP contribution in [0.25, 0.3) is 66.5 Å². The van der Waals surface area contributed by atoms with Crippen molar-refractivity contribution < 1.29 is 9.53 Å². The minimum Gasteiger partial charge on any atom is -0.465 e. The molecule has 15 rings (SSSR count). The SMILES string of the molecule is COC(=O)c1ccc2nc(-c3ccc(Br)cc3)c3c(c2c1)C1CCC3C1.Clc1ccc2nc(-c3ccc(Br)cc3)c3c(c2c1)C1CCC3C1.Clc1cccc2c3c(c(-c4ccc(Br)cc4)nc12)C1CCC3C1. The summed E-state index contributed by atoms with van der Waals surface area (Å²) in [5.74, 6) is 3.60. The maximum Gasteiger partial charge on any atom is 0.337 e. The molecule has 0 aliphatic heterocycles. The van der Waals surface area contributed by atoms with E-state index in [4.69, 9.17) is 42.9 Å². The molecule has 72 heavy (non-hydrogen) atoms. The van der Waals surface area contributed by atoms with Gasteiger partial charge in [-0.25, -0.2) is 19.7 Å². The van der Waals surface area contributed by atoms with Crippen LogP contribution in [0, 0.1) is 0 Å². The average molecular weight is 1180 g/mol. The van der Waals surface area contributed by atoms with Crippen LogP contribution >= 0.6 is 71.0 Å². The number of benzene rings is 6. The second kappa shape index (κ2) is 18.8. The lowest BCUT2D eigenvalue weighted by Crippen LogP contribution is -2.06. The van der Waals surface area contributed by atoms with E-state index in [9.17, 15) is 4.79 Å². The van der Waals surface area contributed by atoms with Gasteiger partial charge in [-0.05, 0) is 206 Å². The van der Waals surface area contributed by atoms with Gasteiger partial charge in [0.1, 0.15) is 0 Å². The number of carbonyl (C=O) groups excluding carboxylic acids is 1. The van der Waals surface area contributed by atoms with Gasteiger partial charge in [-0.2, -0.15) is 0 Å². The fourth-order valence-electron chi connectivity index (χ4n) is 13.7. The van der Waals surface area contributed by atoms with Gasteiger partial charge in [0.15, 0.2) is 0 Å². The third-order valence-corrected chi connectivity index (χ3v) is 18.8. The Hall–Kier alpha value is -4.96. The highest BCUT2D eigenvalue weighted by atomic mass is 79.9. The van der Waals surface area contributed by atoms with Gasteiger partial charge in [0.05, 0.1) is 51.3 Å². The summed E-state index contributed by atoms with van der Waals surface area (Å²) in [5, 5.41) is 5.21. The zero-order valence-corrected chi connectivity index (χ0v) is 45.8. The molecule has 358 valence electrons. The molecule has 6 atom stereocenters. The van der Waals surface area contributed by atoms with Crippen molar-refractivity contribution in [3.8, 4) is 33.8 Å². The summed E-state index contributed by atoms with van der Waals surface area (Å²) in [6, 6.07) is 43.5. The highest BCUT2D eigenvalue weighted by molar-refractivity contribution is 9.11. The molecule has 6 aromatic carbocycles. The van der Waals surface area contributed by atoms with E-state index >= 15 is 0 Å². The maximum atomic E-state index is 12.0. The molecule has 6 bridgehead atoms. The maximum absolute atomic E-state index is 12.0. The molecule has 0 spiro atoms. The lowest BCUT2D eigenvalue weighted by Gasteiger charge is -2.21. The van der Waals surface area contributed by atoms with Crippen LogP contribution in [0.15, 0.2) is 141 Å². The summed E-state index contributed by atoms with van der Waals surface area (Å²) in [4.78, 5) is 27.1. The fraction of sp³-hybridized carbons (Fsp3) is 0.258. The number of fused-ring (bicyclic) bond motifs is 21. The second-order valence-electron chi connectivity index (χ2n) is 20.5. The van der Waals surface area contributed by atoms with Gasteiger partial charge >= 0.3 is 5.97 Å². The number of pyridine rings is 3. The first-order chi connectivity index (χ1) is 35.1. The number of esters is 1. The Balaban J connectivity index is 0.000000105. The summed E-state index contributed by atoms with van der Waals surface area (Å²) in [5.41, 5.74) is 19.4. The Bertz CT molecular complexity index is 3650. The number of carbonyl (C=O) groups is 1. The van der Waals surface area contributed by atoms with Gasteiger partial charge in [0.2, 0.25) is 0 Å². The van der Waals surface area contributed by atoms with E-state index in [2.05, 4.69) is 145 Å². The molecular formula is C62H48Br3Cl2N3O2. The Labute approximate surface area is 454 Å². The highest BCUT2D eigenvalue weighted by Crippen LogP contribution is 2.60. The first-order valence-corrected chi connectivity index (χ1v) is 28.3. The standard InChI is InChI=1S/C22H18BrNO2.2C20H15BrClN/c1-26-22(25)15-6-9-18-17(11-15)19-13-2-3-14(10-13)20(19)21(24-18)12-4-7-16(23)8-5-12;21-14-5-3-11(4-6-14)20-19-13-2-1-12(9-13)18(19)16-10-15(22)7-8-17(16)23-20;21-14-8-6-11(7-9-14)19-18-13-5-4-12(10-13)17(18)15-2-1-3-16(22)20(15)23-19/h4-9,11,13-14H,2-3,10H2,1H3;3-8,10,12-13H,1-2,9H2;1-3,6-9,12-13H,4-5,10H2. The van der Waals surface area contributed by atoms with Gasteiger partial charge in [0.25, 0.3) is 0 Å². The molecule has 6 aliphatic carbocycles. The smallest absolute Gasteiger partial charge is 0.337 e. The molecule has 9 aromatic rings. The third kappa shape index (κ3) is 8.05. The van der Waals surface area contributed by atoms with Gasteiger partial charge in [0, 0.05) is 51.3 Å². The fourth-order valence-corrected chi connectivity index (χ4v) is 14.9. The van der Waals surface area contributed by atoms with Crippen molar-refractivity contribution in [3.63, 3.8) is 0 Å². The van der Waals surface area contributed by atoms with Crippen molar-refractivity contribution >= 4 is 110 Å². The highest BCUT2D eigenvalue weighted by Gasteiger charge is 2.43. The third-order valence-electron chi connectivity index (χ3n) is 16.7. The van der Waals surface area contributed by atoms with Crippen LogP contribution < -0.4 is 0 Å². The number of ether oxygens (including phenoxy) is 1. The summed E-state index contributed by atoms with van der Waals surface area (Å²) < 4.78 is 8.18. The number of methoxy groups -OCH3 is 1. The number of rotatable bonds is 4. The first-order valence-electron chi connectivity index (χ1n) is 25.2. The van der Waals surface area contributed by atoms with Crippen LogP contribution in [0.3, 0.4) is 0 Å². The van der Waals surface area contributed by atoms with Crippen molar-refractivity contribution in [2.24, 2.45) is 0 Å². The van der Waals surface area contributed by atoms with Crippen molar-refractivity contribution in [2.75, 3.05) is 7.11 Å². The molecule has 0 radical (unpaired) electrons. The molecule has 6 aliphatic rings. The number of halogens is 5. The van der Waals surface area contributed by atoms with E-state index in [1.54, 1.807) is 0 Å². The Morgan fingerprint density at radius 1 is 0.472 bits per heavy atom. The lowest BCUT2D eigenvalue weighted by molar-refractivity contribution is 0.0601. The van der Waals surface area contributed by atoms with E-state index in [1.807, 2.05) is 30.3 Å². The molecular weight excluding hydrogens is 1130 g/mol. The van der Waals surface area contributed by atoms with Crippen LogP contribution in [0.1, 0.15) is 137 Å². The van der Waals surface area contributed by atoms with Crippen LogP contribution in [-0.4, -0.2) is 28.0 Å². The minimum absolute atomic E-state index is 0.291. The van der Waals surface area contributed by atoms with E-state index in [1.165, 1.54) is 126 Å². The molecule has 3 fully saturated rings. The summed E-state index contributed by atoms with van der Waals surface area (Å²) in [6.07, 6.45) is 11.5. The predicted octanol–water partition coefficient (Wildman–Crippen LogP) is 19.2. The Morgan fingerprint density at radius 2 is 0.875 bits per heavy atom. The largest absolute Gasteiger partial charge is 0.465 e. The molecule has 3 aromatic heterocycles. The van der Waals surface area contributed by atoms with Crippen LogP contribution in [0.4, 0.5) is 0 Å². The van der Waals surface area contributed by atoms with Crippen molar-refractivity contribution in [1.29, 1.82) is 0 Å². The topological polar surface area (TPSA) is 65.0 Å². The van der Waals surface area contributed by atoms with Crippen LogP contribution in [0.5, 0.6) is 0 Å². The first kappa shape index (κ1) is 46.8. The average Bonchev–Trinajstić information content (AvgIpc) is 4.30. The molecule has 10 heteroatoms. The summed E-state index contributed by atoms with van der Waals surface area (Å²) in [6.45, 7) is 0. The molecule has 0 N–H and O–H groups in total. The van der Waals surface area contributed by atoms with Crippen molar-refractivity contribution in [3.05, 3.63) is 190 Å². The number of aromatic nitrogens is 3. The zero-order valence-electron chi connectivity index (χ0n) is 39.5. The lowest BCUT2D eigenvalue weighted by atomic mass is 9.86. The van der Waals surface area contributed by atoms with E-state index in [0.29, 0.717) is 41.1 Å². The molecule has 5 nitrogen and oxygen atoms in total. The molecule has 0 amide bonds. The minimum atomic E-state index is -0.291. The van der Waals surface area contributed by atoms with Gasteiger partial charge in [-0.15, -0.1) is 0 Å². The number of hydrogen-bond acceptors (Lipinski definition) is 5. The quantitative estimate of drug-likeness (QED) is 0.164. The molecule has 0 saturated heterocycles. The van der Waals surface area contributed by atoms with Gasteiger partial charge in [-0.3, -0.25) is 0 Å². The summed E-state index contributed by atoms with van der Waals surface area (Å²) >= 11 is 23.3. The predicted molar refractivity (Wildman–Crippen MR) is 304 cm³/mol. The Morgan fingerprint density at radius 3 is 1.33 bits per heavy atom. The number of hydrogen-bond donors (Lipinski definition) is 0. The summed E-state index contributed by atoms with van der Waals surface area (Å²) in [7, 11) is 1.42. The Kier molecular flexibility index (Phi) is 12.2. The number of para-hydroxylation sites is 1. The van der Waals surface area contributed by atoms with E-state index in [-0.39, 0.29) is 5.97 Å². The number of nitrogens with zero attached hydrogens (tertiary/aromatic N) is 3. The molecule has 3 heterocycles. The van der Waals surface area contributed by atoms with Crippen LogP contribution in [0.2, 0.25) is 10.0 Å². The van der Waals surface area contributed by atoms with Gasteiger partial charge in [-0.1, -0.05) is 120 Å². The molecule has 3 saturated carbocycles. The van der Waals surface area contributed by atoms with Crippen molar-refractivity contribution in [1.82, 2.24) is 15.0 Å². The monoisotopic (exact) mass is 1170 g/mol. The van der Waals surface area contributed by atoms with Crippen LogP contribution in [-0.2, 0) is 4.74 Å². The van der Waals surface area contributed by atoms with Crippen molar-refractivity contribution in [2.45, 2.75) is 93.3 Å².